The summed E-state index contributed by atoms with van der Waals surface area (Å²) in [6.07, 6.45) is 2.12. The number of benzene rings is 1. The smallest absolute Gasteiger partial charge is 0.354 e. The molecule has 1 aromatic carbocycles. The van der Waals surface area contributed by atoms with Crippen LogP contribution in [0.15, 0.2) is 42.5 Å². The Balaban J connectivity index is 2.07. The Morgan fingerprint density at radius 2 is 1.91 bits per heavy atom. The number of hydrogen-bond acceptors (Lipinski definition) is 4. The summed E-state index contributed by atoms with van der Waals surface area (Å²) in [4.78, 5) is 15.4. The lowest BCUT2D eigenvalue weighted by molar-refractivity contribution is 0.0689. The van der Waals surface area contributed by atoms with Crippen molar-refractivity contribution in [1.82, 2.24) is 4.98 Å². The number of carboxylic acids is 1. The van der Waals surface area contributed by atoms with E-state index in [9.17, 15) is 9.90 Å². The van der Waals surface area contributed by atoms with E-state index in [2.05, 4.69) is 11.9 Å². The zero-order valence-electron chi connectivity index (χ0n) is 13.2. The molecule has 5 nitrogen and oxygen atoms in total. The van der Waals surface area contributed by atoms with Crippen molar-refractivity contribution >= 4 is 5.97 Å². The van der Waals surface area contributed by atoms with Crippen LogP contribution in [-0.2, 0) is 4.74 Å². The number of unbranched alkanes of at least 4 members (excludes halogenated alkanes) is 1. The van der Waals surface area contributed by atoms with E-state index in [-0.39, 0.29) is 5.69 Å². The van der Waals surface area contributed by atoms with Crippen molar-refractivity contribution in [3.63, 3.8) is 0 Å². The molecule has 0 atom stereocenters. The summed E-state index contributed by atoms with van der Waals surface area (Å²) < 4.78 is 11.0. The highest BCUT2D eigenvalue weighted by Crippen LogP contribution is 2.23. The third-order valence-corrected chi connectivity index (χ3v) is 3.23. The van der Waals surface area contributed by atoms with Crippen molar-refractivity contribution in [3.05, 3.63) is 48.2 Å². The molecule has 122 valence electrons. The summed E-state index contributed by atoms with van der Waals surface area (Å²) in [6, 6.07) is 12.6. The Labute approximate surface area is 135 Å². The van der Waals surface area contributed by atoms with Gasteiger partial charge in [-0.2, -0.15) is 0 Å². The summed E-state index contributed by atoms with van der Waals surface area (Å²) in [6.45, 7) is 3.67. The molecule has 0 spiro atoms. The largest absolute Gasteiger partial charge is 0.491 e. The second-order valence-electron chi connectivity index (χ2n) is 5.06. The van der Waals surface area contributed by atoms with Gasteiger partial charge >= 0.3 is 5.97 Å². The van der Waals surface area contributed by atoms with Gasteiger partial charge in [0.2, 0.25) is 0 Å². The summed E-state index contributed by atoms with van der Waals surface area (Å²) in [7, 11) is 0. The molecule has 0 bridgehead atoms. The molecule has 1 N–H and O–H groups in total. The molecule has 0 aliphatic heterocycles. The maximum absolute atomic E-state index is 11.2. The summed E-state index contributed by atoms with van der Waals surface area (Å²) >= 11 is 0. The molecule has 0 unspecified atom stereocenters. The first kappa shape index (κ1) is 17.0. The van der Waals surface area contributed by atoms with Gasteiger partial charge in [0.1, 0.15) is 12.4 Å². The summed E-state index contributed by atoms with van der Waals surface area (Å²) in [5, 5.41) is 9.21. The van der Waals surface area contributed by atoms with Gasteiger partial charge in [-0.3, -0.25) is 0 Å². The molecule has 0 fully saturated rings. The van der Waals surface area contributed by atoms with Gasteiger partial charge in [0.25, 0.3) is 0 Å². The Hall–Kier alpha value is -2.40. The zero-order valence-corrected chi connectivity index (χ0v) is 13.2. The van der Waals surface area contributed by atoms with E-state index in [1.807, 2.05) is 30.3 Å². The summed E-state index contributed by atoms with van der Waals surface area (Å²) in [5.74, 6) is -0.595. The number of carboxylic acid groups (broad SMARTS) is 1. The third-order valence-electron chi connectivity index (χ3n) is 3.23. The second kappa shape index (κ2) is 8.90. The fourth-order valence-electron chi connectivity index (χ4n) is 2.02. The Morgan fingerprint density at radius 1 is 1.13 bits per heavy atom. The van der Waals surface area contributed by atoms with Crippen molar-refractivity contribution in [2.24, 2.45) is 0 Å². The van der Waals surface area contributed by atoms with E-state index in [0.717, 1.165) is 18.4 Å². The maximum atomic E-state index is 11.2. The predicted octanol–water partition coefficient (Wildman–Crippen LogP) is 3.64. The first-order valence-corrected chi connectivity index (χ1v) is 7.72. The molecule has 1 heterocycles. The number of rotatable bonds is 9. The number of hydrogen-bond donors (Lipinski definition) is 1. The van der Waals surface area contributed by atoms with Crippen LogP contribution in [0.25, 0.3) is 11.3 Å². The summed E-state index contributed by atoms with van der Waals surface area (Å²) in [5.41, 5.74) is 1.39. The van der Waals surface area contributed by atoms with Crippen molar-refractivity contribution in [1.29, 1.82) is 0 Å². The Kier molecular flexibility index (Phi) is 6.56. The predicted molar refractivity (Wildman–Crippen MR) is 87.9 cm³/mol. The van der Waals surface area contributed by atoms with E-state index >= 15 is 0 Å². The molecule has 23 heavy (non-hydrogen) atoms. The number of aromatic carboxylic acids is 1. The van der Waals surface area contributed by atoms with Gasteiger partial charge in [-0.05, 0) is 6.42 Å². The normalized spacial score (nSPS) is 10.5. The van der Waals surface area contributed by atoms with Crippen LogP contribution < -0.4 is 4.74 Å². The topological polar surface area (TPSA) is 68.7 Å². The molecule has 0 amide bonds. The number of carbonyl (C=O) groups is 1. The monoisotopic (exact) mass is 315 g/mol. The average Bonchev–Trinajstić information content (AvgIpc) is 2.58. The van der Waals surface area contributed by atoms with Crippen LogP contribution in [0, 0.1) is 0 Å². The lowest BCUT2D eigenvalue weighted by Gasteiger charge is -2.10. The van der Waals surface area contributed by atoms with Crippen LogP contribution in [0.5, 0.6) is 5.75 Å². The second-order valence-corrected chi connectivity index (χ2v) is 5.06. The van der Waals surface area contributed by atoms with Crippen LogP contribution in [0.3, 0.4) is 0 Å². The van der Waals surface area contributed by atoms with Crippen LogP contribution in [0.4, 0.5) is 0 Å². The highest BCUT2D eigenvalue weighted by atomic mass is 16.5. The first-order valence-electron chi connectivity index (χ1n) is 7.72. The number of aromatic nitrogens is 1. The minimum absolute atomic E-state index is 0.0340. The third kappa shape index (κ3) is 5.38. The van der Waals surface area contributed by atoms with Crippen LogP contribution in [0.2, 0.25) is 0 Å². The van der Waals surface area contributed by atoms with Gasteiger partial charge in [0.05, 0.1) is 12.3 Å². The van der Waals surface area contributed by atoms with E-state index in [4.69, 9.17) is 9.47 Å². The molecule has 0 radical (unpaired) electrons. The standard InChI is InChI=1S/C18H21NO4/c1-2-3-9-22-10-11-23-15-12-16(14-7-5-4-6-8-14)19-17(13-15)18(20)21/h4-8,12-13H,2-3,9-11H2,1H3,(H,20,21). The van der Waals surface area contributed by atoms with Gasteiger partial charge in [-0.15, -0.1) is 0 Å². The molecule has 0 aliphatic carbocycles. The van der Waals surface area contributed by atoms with E-state index in [1.54, 1.807) is 6.07 Å². The molecule has 2 rings (SSSR count). The minimum Gasteiger partial charge on any atom is -0.491 e. The molecule has 0 aliphatic rings. The Morgan fingerprint density at radius 3 is 2.61 bits per heavy atom. The van der Waals surface area contributed by atoms with Crippen molar-refractivity contribution in [2.75, 3.05) is 19.8 Å². The van der Waals surface area contributed by atoms with Gasteiger partial charge in [0.15, 0.2) is 5.69 Å². The average molecular weight is 315 g/mol. The SMILES string of the molecule is CCCCOCCOc1cc(C(=O)O)nc(-c2ccccc2)c1. The highest BCUT2D eigenvalue weighted by molar-refractivity contribution is 5.86. The molecular formula is C18H21NO4. The minimum atomic E-state index is -1.08. The lowest BCUT2D eigenvalue weighted by Crippen LogP contribution is -2.09. The van der Waals surface area contributed by atoms with Crippen molar-refractivity contribution in [2.45, 2.75) is 19.8 Å². The highest BCUT2D eigenvalue weighted by Gasteiger charge is 2.11. The number of pyridine rings is 1. The quantitative estimate of drug-likeness (QED) is 0.715. The van der Waals surface area contributed by atoms with Gasteiger partial charge in [-0.1, -0.05) is 43.7 Å². The fraction of sp³-hybridized carbons (Fsp3) is 0.333. The molecule has 5 heteroatoms. The van der Waals surface area contributed by atoms with Crippen molar-refractivity contribution < 1.29 is 19.4 Å². The Bertz CT molecular complexity index is 628. The molecule has 0 saturated carbocycles. The number of ether oxygens (including phenoxy) is 2. The number of nitrogens with zero attached hydrogens (tertiary/aromatic N) is 1. The molecular weight excluding hydrogens is 294 g/mol. The van der Waals surface area contributed by atoms with Crippen LogP contribution in [0.1, 0.15) is 30.3 Å². The molecule has 1 aromatic heterocycles. The van der Waals surface area contributed by atoms with E-state index in [1.165, 1.54) is 6.07 Å². The van der Waals surface area contributed by atoms with Gasteiger partial charge < -0.3 is 14.6 Å². The molecule has 2 aromatic rings. The van der Waals surface area contributed by atoms with Crippen molar-refractivity contribution in [3.8, 4) is 17.0 Å². The van der Waals surface area contributed by atoms with E-state index < -0.39 is 5.97 Å². The van der Waals surface area contributed by atoms with Gasteiger partial charge in [-0.25, -0.2) is 9.78 Å². The van der Waals surface area contributed by atoms with E-state index in [0.29, 0.717) is 31.3 Å². The fourth-order valence-corrected chi connectivity index (χ4v) is 2.02. The van der Waals surface area contributed by atoms with Crippen LogP contribution in [-0.4, -0.2) is 35.9 Å². The first-order chi connectivity index (χ1) is 11.2. The maximum Gasteiger partial charge on any atom is 0.354 e. The molecule has 0 saturated heterocycles. The van der Waals surface area contributed by atoms with Crippen LogP contribution >= 0.6 is 0 Å². The zero-order chi connectivity index (χ0) is 16.5. The lowest BCUT2D eigenvalue weighted by atomic mass is 10.1. The van der Waals surface area contributed by atoms with Gasteiger partial charge in [0, 0.05) is 24.3 Å².